The van der Waals surface area contributed by atoms with E-state index in [0.29, 0.717) is 5.82 Å². The molecular formula is C13H14F5N3O. The van der Waals surface area contributed by atoms with Crippen molar-refractivity contribution in [3.05, 3.63) is 36.0 Å². The van der Waals surface area contributed by atoms with Crippen LogP contribution >= 0.6 is 0 Å². The lowest BCUT2D eigenvalue weighted by molar-refractivity contribution is -0.259. The van der Waals surface area contributed by atoms with E-state index in [0.717, 1.165) is 5.56 Å². The molecule has 1 heterocycles. The highest BCUT2D eigenvalue weighted by molar-refractivity contribution is 5.87. The topological polar surface area (TPSA) is 54.0 Å². The van der Waals surface area contributed by atoms with Crippen molar-refractivity contribution in [1.29, 1.82) is 0 Å². The van der Waals surface area contributed by atoms with E-state index in [9.17, 15) is 26.7 Å². The first-order valence-electron chi connectivity index (χ1n) is 6.20. The summed E-state index contributed by atoms with van der Waals surface area (Å²) in [5.74, 6) is -5.51. The summed E-state index contributed by atoms with van der Waals surface area (Å²) in [4.78, 5) is 15.1. The van der Waals surface area contributed by atoms with E-state index in [1.54, 1.807) is 18.3 Å². The average molecular weight is 323 g/mol. The van der Waals surface area contributed by atoms with Crippen molar-refractivity contribution in [2.75, 3.05) is 18.4 Å². The summed E-state index contributed by atoms with van der Waals surface area (Å²) < 4.78 is 60.6. The third-order valence-corrected chi connectivity index (χ3v) is 2.47. The van der Waals surface area contributed by atoms with Crippen LogP contribution < -0.4 is 10.6 Å². The molecule has 1 aromatic heterocycles. The molecule has 0 fully saturated rings. The third kappa shape index (κ3) is 5.66. The van der Waals surface area contributed by atoms with Crippen molar-refractivity contribution in [3.63, 3.8) is 0 Å². The molecule has 4 nitrogen and oxygen atoms in total. The van der Waals surface area contributed by atoms with Gasteiger partial charge in [-0.3, -0.25) is 4.79 Å². The highest BCUT2D eigenvalue weighted by Gasteiger charge is 2.55. The lowest BCUT2D eigenvalue weighted by Crippen LogP contribution is -2.35. The molecule has 0 radical (unpaired) electrons. The van der Waals surface area contributed by atoms with E-state index in [1.807, 2.05) is 6.92 Å². The fourth-order valence-electron chi connectivity index (χ4n) is 1.34. The molecule has 22 heavy (non-hydrogen) atoms. The second kappa shape index (κ2) is 7.19. The number of aromatic nitrogens is 1. The Hall–Kier alpha value is -2.19. The summed E-state index contributed by atoms with van der Waals surface area (Å²) in [6, 6.07) is 3.55. The Morgan fingerprint density at radius 1 is 1.27 bits per heavy atom. The molecule has 0 saturated heterocycles. The van der Waals surface area contributed by atoms with Crippen LogP contribution in [0.15, 0.2) is 30.5 Å². The second-order valence-electron chi connectivity index (χ2n) is 4.39. The zero-order valence-corrected chi connectivity index (χ0v) is 11.5. The van der Waals surface area contributed by atoms with Gasteiger partial charge >= 0.3 is 12.1 Å². The van der Waals surface area contributed by atoms with Gasteiger partial charge < -0.3 is 10.6 Å². The number of hydrogen-bond donors (Lipinski definition) is 2. The second-order valence-corrected chi connectivity index (χ2v) is 4.39. The predicted molar refractivity (Wildman–Crippen MR) is 70.6 cm³/mol. The van der Waals surface area contributed by atoms with E-state index in [-0.39, 0.29) is 19.2 Å². The molecule has 0 aromatic carbocycles. The van der Waals surface area contributed by atoms with E-state index in [1.165, 1.54) is 0 Å². The van der Waals surface area contributed by atoms with Crippen LogP contribution in [-0.4, -0.2) is 36.1 Å². The van der Waals surface area contributed by atoms with Crippen LogP contribution in [0.4, 0.5) is 27.8 Å². The number of carbonyl (C=O) groups is 1. The smallest absolute Gasteiger partial charge is 0.368 e. The van der Waals surface area contributed by atoms with E-state index < -0.39 is 24.1 Å². The quantitative estimate of drug-likeness (QED) is 0.481. The zero-order chi connectivity index (χ0) is 16.8. The third-order valence-electron chi connectivity index (χ3n) is 2.47. The van der Waals surface area contributed by atoms with Gasteiger partial charge in [0.15, 0.2) is 0 Å². The number of rotatable bonds is 6. The molecule has 1 rings (SSSR count). The molecule has 0 aliphatic heterocycles. The van der Waals surface area contributed by atoms with Crippen LogP contribution in [0.25, 0.3) is 0 Å². The van der Waals surface area contributed by atoms with Gasteiger partial charge in [-0.1, -0.05) is 0 Å². The number of halogens is 5. The minimum atomic E-state index is -5.72. The minimum Gasteiger partial charge on any atom is -0.368 e. The number of alkyl halides is 5. The predicted octanol–water partition coefficient (Wildman–Crippen LogP) is 2.67. The Balaban J connectivity index is 2.35. The first-order valence-corrected chi connectivity index (χ1v) is 6.20. The van der Waals surface area contributed by atoms with Crippen molar-refractivity contribution in [1.82, 2.24) is 10.3 Å². The van der Waals surface area contributed by atoms with E-state index in [2.05, 4.69) is 15.6 Å². The number of carbonyl (C=O) groups excluding carboxylic acids is 1. The standard InChI is InChI=1S/C13H14F5N3O/c1-9-3-5-19-10(8-9)20-6-7-21-11(22)2-4-12(14,15)13(16,17)18/h2-5,8H,6-7H2,1H3,(H,19,20)(H,21,22). The molecule has 0 saturated carbocycles. The van der Waals surface area contributed by atoms with Crippen LogP contribution in [0, 0.1) is 6.92 Å². The number of allylic oxidation sites excluding steroid dienone is 1. The van der Waals surface area contributed by atoms with Gasteiger partial charge in [0.25, 0.3) is 0 Å². The maximum Gasteiger partial charge on any atom is 0.457 e. The molecule has 2 N–H and O–H groups in total. The van der Waals surface area contributed by atoms with E-state index in [4.69, 9.17) is 0 Å². The number of aryl methyl sites for hydroxylation is 1. The van der Waals surface area contributed by atoms with Crippen molar-refractivity contribution in [2.24, 2.45) is 0 Å². The van der Waals surface area contributed by atoms with Crippen LogP contribution in [0.5, 0.6) is 0 Å². The molecule has 0 bridgehead atoms. The monoisotopic (exact) mass is 323 g/mol. The largest absolute Gasteiger partial charge is 0.457 e. The fraction of sp³-hybridized carbons (Fsp3) is 0.385. The summed E-state index contributed by atoms with van der Waals surface area (Å²) in [6.45, 7) is 2.14. The molecule has 0 unspecified atom stereocenters. The molecule has 1 amide bonds. The van der Waals surface area contributed by atoms with Crippen molar-refractivity contribution in [2.45, 2.75) is 19.0 Å². The lowest BCUT2D eigenvalue weighted by atomic mass is 10.3. The summed E-state index contributed by atoms with van der Waals surface area (Å²) in [7, 11) is 0. The fourth-order valence-corrected chi connectivity index (χ4v) is 1.34. The maximum atomic E-state index is 12.5. The van der Waals surface area contributed by atoms with Crippen molar-refractivity contribution in [3.8, 4) is 0 Å². The van der Waals surface area contributed by atoms with Crippen LogP contribution in [0.1, 0.15) is 5.56 Å². The van der Waals surface area contributed by atoms with Gasteiger partial charge in [0.1, 0.15) is 5.82 Å². The number of nitrogens with one attached hydrogen (secondary N) is 2. The van der Waals surface area contributed by atoms with Crippen LogP contribution in [0.2, 0.25) is 0 Å². The molecule has 0 aliphatic carbocycles. The summed E-state index contributed by atoms with van der Waals surface area (Å²) in [5.41, 5.74) is 0.971. The highest BCUT2D eigenvalue weighted by Crippen LogP contribution is 2.36. The van der Waals surface area contributed by atoms with Crippen LogP contribution in [-0.2, 0) is 4.79 Å². The highest BCUT2D eigenvalue weighted by atomic mass is 19.4. The SMILES string of the molecule is Cc1ccnc(NCCNC(=O)C=CC(F)(F)C(F)(F)F)c1. The number of hydrogen-bond acceptors (Lipinski definition) is 3. The summed E-state index contributed by atoms with van der Waals surface area (Å²) in [5, 5.41) is 5.03. The zero-order valence-electron chi connectivity index (χ0n) is 11.5. The Morgan fingerprint density at radius 3 is 2.55 bits per heavy atom. The Kier molecular flexibility index (Phi) is 5.84. The molecule has 9 heteroatoms. The average Bonchev–Trinajstić information content (AvgIpc) is 2.40. The first kappa shape index (κ1) is 17.9. The minimum absolute atomic E-state index is 0.0381. The number of anilines is 1. The number of amides is 1. The molecular weight excluding hydrogens is 309 g/mol. The number of pyridine rings is 1. The van der Waals surface area contributed by atoms with Crippen LogP contribution in [0.3, 0.4) is 0 Å². The lowest BCUT2D eigenvalue weighted by Gasteiger charge is -2.15. The Labute approximate surface area is 123 Å². The Bertz CT molecular complexity index is 543. The normalized spacial score (nSPS) is 12.5. The summed E-state index contributed by atoms with van der Waals surface area (Å²) >= 11 is 0. The maximum absolute atomic E-state index is 12.5. The molecule has 0 spiro atoms. The molecule has 122 valence electrons. The van der Waals surface area contributed by atoms with E-state index >= 15 is 0 Å². The van der Waals surface area contributed by atoms with Gasteiger partial charge in [0.05, 0.1) is 0 Å². The molecule has 0 aliphatic rings. The van der Waals surface area contributed by atoms with Gasteiger partial charge in [-0.15, -0.1) is 0 Å². The van der Waals surface area contributed by atoms with Gasteiger partial charge in [-0.05, 0) is 30.7 Å². The van der Waals surface area contributed by atoms with Crippen molar-refractivity contribution < 1.29 is 26.7 Å². The summed E-state index contributed by atoms with van der Waals surface area (Å²) in [6.07, 6.45) is -4.45. The van der Waals surface area contributed by atoms with Gasteiger partial charge in [-0.25, -0.2) is 4.98 Å². The van der Waals surface area contributed by atoms with Gasteiger partial charge in [0.2, 0.25) is 5.91 Å². The molecule has 0 atom stereocenters. The Morgan fingerprint density at radius 2 is 1.95 bits per heavy atom. The molecule has 1 aromatic rings. The first-order chi connectivity index (χ1) is 10.1. The van der Waals surface area contributed by atoms with Crippen molar-refractivity contribution >= 4 is 11.7 Å². The van der Waals surface area contributed by atoms with Gasteiger partial charge in [0, 0.05) is 25.4 Å². The van der Waals surface area contributed by atoms with Gasteiger partial charge in [-0.2, -0.15) is 22.0 Å². The number of nitrogens with zero attached hydrogens (tertiary/aromatic N) is 1.